The topological polar surface area (TPSA) is 85.1 Å². The van der Waals surface area contributed by atoms with Crippen LogP contribution in [0.15, 0.2) is 60.9 Å². The van der Waals surface area contributed by atoms with Gasteiger partial charge in [-0.3, -0.25) is 9.78 Å². The molecule has 0 saturated carbocycles. The summed E-state index contributed by atoms with van der Waals surface area (Å²) in [5, 5.41) is 7.50. The molecule has 0 spiro atoms. The molecule has 0 atom stereocenters. The Kier molecular flexibility index (Phi) is 5.05. The number of rotatable bonds is 6. The summed E-state index contributed by atoms with van der Waals surface area (Å²) in [6.07, 6.45) is 6.08. The number of carbonyl (C=O) groups excluding carboxylic acids is 1. The fraction of sp³-hybridized carbons (Fsp3) is 0.190. The van der Waals surface area contributed by atoms with E-state index < -0.39 is 0 Å². The van der Waals surface area contributed by atoms with Crippen molar-refractivity contribution < 1.29 is 4.79 Å². The minimum absolute atomic E-state index is 0.229. The molecule has 0 radical (unpaired) electrons. The van der Waals surface area contributed by atoms with Gasteiger partial charge in [0, 0.05) is 35.3 Å². The van der Waals surface area contributed by atoms with E-state index in [1.165, 1.54) is 0 Å². The first-order valence-corrected chi connectivity index (χ1v) is 9.28. The molecule has 1 N–H and O–H groups in total. The number of carbonyl (C=O) groups is 1. The average molecular weight is 372 g/mol. The van der Waals surface area contributed by atoms with Gasteiger partial charge in [-0.1, -0.05) is 43.7 Å². The highest BCUT2D eigenvalue weighted by molar-refractivity contribution is 6.03. The minimum atomic E-state index is -0.229. The molecular formula is C21H20N6O. The average Bonchev–Trinajstić information content (AvgIpc) is 3.18. The van der Waals surface area contributed by atoms with Gasteiger partial charge < -0.3 is 5.32 Å². The number of aromatic nitrogens is 5. The van der Waals surface area contributed by atoms with Crippen molar-refractivity contribution in [1.82, 2.24) is 24.6 Å². The van der Waals surface area contributed by atoms with Crippen molar-refractivity contribution in [3.05, 3.63) is 72.2 Å². The highest BCUT2D eigenvalue weighted by atomic mass is 16.1. The normalized spacial score (nSPS) is 10.9. The summed E-state index contributed by atoms with van der Waals surface area (Å²) in [5.74, 6) is 1.36. The highest BCUT2D eigenvalue weighted by Crippen LogP contribution is 2.20. The molecule has 4 rings (SSSR count). The van der Waals surface area contributed by atoms with E-state index in [0.29, 0.717) is 23.0 Å². The summed E-state index contributed by atoms with van der Waals surface area (Å²) < 4.78 is 1.58. The lowest BCUT2D eigenvalue weighted by Gasteiger charge is -2.08. The van der Waals surface area contributed by atoms with E-state index in [2.05, 4.69) is 32.3 Å². The lowest BCUT2D eigenvalue weighted by Crippen LogP contribution is -2.16. The quantitative estimate of drug-likeness (QED) is 0.557. The molecule has 0 aliphatic carbocycles. The van der Waals surface area contributed by atoms with Crippen LogP contribution in [0.5, 0.6) is 0 Å². The minimum Gasteiger partial charge on any atom is -0.306 e. The number of benzene rings is 1. The summed E-state index contributed by atoms with van der Waals surface area (Å²) >= 11 is 0. The maximum absolute atomic E-state index is 12.6. The van der Waals surface area contributed by atoms with E-state index in [4.69, 9.17) is 0 Å². The largest absolute Gasteiger partial charge is 0.306 e. The van der Waals surface area contributed by atoms with Gasteiger partial charge in [0.05, 0.1) is 0 Å². The molecule has 4 aromatic rings. The van der Waals surface area contributed by atoms with Gasteiger partial charge >= 0.3 is 0 Å². The molecule has 3 heterocycles. The third kappa shape index (κ3) is 3.73. The predicted molar refractivity (Wildman–Crippen MR) is 107 cm³/mol. The summed E-state index contributed by atoms with van der Waals surface area (Å²) in [4.78, 5) is 25.8. The van der Waals surface area contributed by atoms with Crippen molar-refractivity contribution in [1.29, 1.82) is 0 Å². The number of fused-ring (bicyclic) bond motifs is 1. The van der Waals surface area contributed by atoms with Crippen LogP contribution in [-0.4, -0.2) is 30.5 Å². The Hall–Kier alpha value is -3.61. The maximum Gasteiger partial charge on any atom is 0.256 e. The monoisotopic (exact) mass is 372 g/mol. The zero-order valence-corrected chi connectivity index (χ0v) is 15.5. The first-order valence-electron chi connectivity index (χ1n) is 9.28. The molecule has 7 heteroatoms. The van der Waals surface area contributed by atoms with Crippen molar-refractivity contribution in [2.24, 2.45) is 0 Å². The van der Waals surface area contributed by atoms with Crippen molar-refractivity contribution in [2.45, 2.75) is 26.2 Å². The molecule has 0 aliphatic rings. The van der Waals surface area contributed by atoms with Crippen LogP contribution in [0.4, 0.5) is 5.82 Å². The Labute approximate surface area is 162 Å². The summed E-state index contributed by atoms with van der Waals surface area (Å²) in [6, 6.07) is 14.9. The van der Waals surface area contributed by atoms with Gasteiger partial charge in [-0.2, -0.15) is 9.50 Å². The number of unbranched alkanes of at least 4 members (excludes halogenated alkanes) is 1. The van der Waals surface area contributed by atoms with Gasteiger partial charge in [-0.05, 0) is 25.0 Å². The number of amides is 1. The molecule has 140 valence electrons. The molecular weight excluding hydrogens is 352 g/mol. The Morgan fingerprint density at radius 2 is 1.86 bits per heavy atom. The van der Waals surface area contributed by atoms with Crippen LogP contribution in [0.1, 0.15) is 35.8 Å². The standard InChI is InChI=1S/C21H20N6O/c1-2-3-9-17-14-18(24-20(28)16-10-12-22-13-11-16)27-21(23-17)25-19(26-27)15-7-5-4-6-8-15/h4-8,10-14H,2-3,9H2,1H3,(H,24,28). The lowest BCUT2D eigenvalue weighted by atomic mass is 10.2. The fourth-order valence-corrected chi connectivity index (χ4v) is 2.89. The molecule has 1 amide bonds. The molecule has 0 fully saturated rings. The predicted octanol–water partition coefficient (Wildman–Crippen LogP) is 3.78. The van der Waals surface area contributed by atoms with Gasteiger partial charge in [-0.25, -0.2) is 4.98 Å². The van der Waals surface area contributed by atoms with Crippen LogP contribution in [0.25, 0.3) is 17.2 Å². The number of hydrogen-bond acceptors (Lipinski definition) is 5. The molecule has 0 saturated heterocycles. The number of pyridine rings is 1. The SMILES string of the molecule is CCCCc1cc(NC(=O)c2ccncc2)n2nc(-c3ccccc3)nc2n1. The van der Waals surface area contributed by atoms with Crippen LogP contribution in [0.2, 0.25) is 0 Å². The third-order valence-electron chi connectivity index (χ3n) is 4.37. The number of aryl methyl sites for hydroxylation is 1. The van der Waals surface area contributed by atoms with Crippen molar-refractivity contribution >= 4 is 17.5 Å². The van der Waals surface area contributed by atoms with E-state index in [0.717, 1.165) is 30.5 Å². The molecule has 28 heavy (non-hydrogen) atoms. The van der Waals surface area contributed by atoms with Gasteiger partial charge in [0.15, 0.2) is 5.82 Å². The highest BCUT2D eigenvalue weighted by Gasteiger charge is 2.15. The van der Waals surface area contributed by atoms with Crippen molar-refractivity contribution in [2.75, 3.05) is 5.32 Å². The Bertz CT molecular complexity index is 1090. The second kappa shape index (κ2) is 7.96. The number of nitrogens with zero attached hydrogens (tertiary/aromatic N) is 5. The zero-order valence-electron chi connectivity index (χ0n) is 15.5. The van der Waals surface area contributed by atoms with Crippen molar-refractivity contribution in [3.63, 3.8) is 0 Å². The summed E-state index contributed by atoms with van der Waals surface area (Å²) in [5.41, 5.74) is 2.30. The number of anilines is 1. The van der Waals surface area contributed by atoms with E-state index in [9.17, 15) is 4.79 Å². The summed E-state index contributed by atoms with van der Waals surface area (Å²) in [6.45, 7) is 2.13. The Morgan fingerprint density at radius 1 is 1.07 bits per heavy atom. The Balaban J connectivity index is 1.75. The summed E-state index contributed by atoms with van der Waals surface area (Å²) in [7, 11) is 0. The van der Waals surface area contributed by atoms with E-state index in [1.54, 1.807) is 29.0 Å². The van der Waals surface area contributed by atoms with Crippen molar-refractivity contribution in [3.8, 4) is 11.4 Å². The second-order valence-electron chi connectivity index (χ2n) is 6.44. The van der Waals surface area contributed by atoms with Crippen LogP contribution in [-0.2, 0) is 6.42 Å². The fourth-order valence-electron chi connectivity index (χ4n) is 2.89. The van der Waals surface area contributed by atoms with Gasteiger partial charge in [-0.15, -0.1) is 5.10 Å². The lowest BCUT2D eigenvalue weighted by molar-refractivity contribution is 0.102. The smallest absolute Gasteiger partial charge is 0.256 e. The first-order chi connectivity index (χ1) is 13.7. The van der Waals surface area contributed by atoms with Crippen LogP contribution in [0.3, 0.4) is 0 Å². The van der Waals surface area contributed by atoms with Gasteiger partial charge in [0.2, 0.25) is 0 Å². The van der Waals surface area contributed by atoms with Crippen LogP contribution < -0.4 is 5.32 Å². The van der Waals surface area contributed by atoms with Crippen LogP contribution in [0, 0.1) is 0 Å². The molecule has 1 aromatic carbocycles. The molecule has 0 bridgehead atoms. The molecule has 0 aliphatic heterocycles. The Morgan fingerprint density at radius 3 is 2.61 bits per heavy atom. The molecule has 3 aromatic heterocycles. The maximum atomic E-state index is 12.6. The van der Waals surface area contributed by atoms with E-state index >= 15 is 0 Å². The molecule has 0 unspecified atom stereocenters. The number of nitrogens with one attached hydrogen (secondary N) is 1. The van der Waals surface area contributed by atoms with Gasteiger partial charge in [0.25, 0.3) is 11.7 Å². The van der Waals surface area contributed by atoms with E-state index in [1.807, 2.05) is 36.4 Å². The second-order valence-corrected chi connectivity index (χ2v) is 6.44. The molecule has 7 nitrogen and oxygen atoms in total. The first kappa shape index (κ1) is 17.8. The van der Waals surface area contributed by atoms with Crippen LogP contribution >= 0.6 is 0 Å². The van der Waals surface area contributed by atoms with E-state index in [-0.39, 0.29) is 5.91 Å². The third-order valence-corrected chi connectivity index (χ3v) is 4.37. The van der Waals surface area contributed by atoms with Gasteiger partial charge in [0.1, 0.15) is 5.82 Å². The zero-order chi connectivity index (χ0) is 19.3. The number of hydrogen-bond donors (Lipinski definition) is 1.